The second kappa shape index (κ2) is 16.8. The van der Waals surface area contributed by atoms with E-state index in [1.807, 2.05) is 0 Å². The van der Waals surface area contributed by atoms with Crippen LogP contribution in [-0.4, -0.2) is 31.4 Å². The Morgan fingerprint density at radius 2 is 1.00 bits per heavy atom. The first-order valence-corrected chi connectivity index (χ1v) is 9.86. The summed E-state index contributed by atoms with van der Waals surface area (Å²) in [7, 11) is 4.12. The van der Waals surface area contributed by atoms with Crippen LogP contribution in [0.4, 0.5) is 0 Å². The molecule has 0 aliphatic carbocycles. The average molecular weight is 311 g/mol. The Kier molecular flexibility index (Phi) is 16.4. The monoisotopic (exact) mass is 310 g/mol. The maximum atomic E-state index is 4.56. The van der Waals surface area contributed by atoms with Gasteiger partial charge < -0.3 is 4.90 Å². The van der Waals surface area contributed by atoms with Gasteiger partial charge in [0, 0.05) is 20.6 Å². The van der Waals surface area contributed by atoms with Crippen LogP contribution < -0.4 is 0 Å². The lowest BCUT2D eigenvalue weighted by Crippen LogP contribution is -2.18. The van der Waals surface area contributed by atoms with E-state index < -0.39 is 0 Å². The highest BCUT2D eigenvalue weighted by atomic mass is 15.1. The van der Waals surface area contributed by atoms with Crippen LogP contribution in [0.3, 0.4) is 0 Å². The molecule has 0 heterocycles. The minimum atomic E-state index is 1.00. The molecule has 132 valence electrons. The molecular formula is C20H42N2. The van der Waals surface area contributed by atoms with E-state index in [1.54, 1.807) is 0 Å². The van der Waals surface area contributed by atoms with Gasteiger partial charge in [0.2, 0.25) is 0 Å². The first kappa shape index (κ1) is 21.5. The first-order chi connectivity index (χ1) is 10.7. The molecular weight excluding hydrogens is 268 g/mol. The molecule has 0 aromatic carbocycles. The van der Waals surface area contributed by atoms with Crippen molar-refractivity contribution in [1.82, 2.24) is 4.90 Å². The molecule has 0 N–H and O–H groups in total. The predicted octanol–water partition coefficient (Wildman–Crippen LogP) is 6.45. The highest BCUT2D eigenvalue weighted by Gasteiger charge is 1.95. The highest BCUT2D eigenvalue weighted by Crippen LogP contribution is 2.12. The van der Waals surface area contributed by atoms with E-state index in [4.69, 9.17) is 0 Å². The van der Waals surface area contributed by atoms with Gasteiger partial charge >= 0.3 is 0 Å². The third-order valence-corrected chi connectivity index (χ3v) is 4.50. The van der Waals surface area contributed by atoms with E-state index in [9.17, 15) is 0 Å². The third kappa shape index (κ3) is 15.9. The quantitative estimate of drug-likeness (QED) is 0.193. The van der Waals surface area contributed by atoms with Crippen molar-refractivity contribution in [3.8, 4) is 0 Å². The molecule has 0 bridgehead atoms. The molecule has 0 spiro atoms. The molecule has 0 saturated carbocycles. The summed E-state index contributed by atoms with van der Waals surface area (Å²) >= 11 is 0. The summed E-state index contributed by atoms with van der Waals surface area (Å²) in [5, 5.41) is 0. The van der Waals surface area contributed by atoms with Crippen LogP contribution in [0.5, 0.6) is 0 Å². The Morgan fingerprint density at radius 1 is 0.636 bits per heavy atom. The highest BCUT2D eigenvalue weighted by molar-refractivity contribution is 5.79. The van der Waals surface area contributed by atoms with Crippen molar-refractivity contribution in [2.75, 3.05) is 20.6 Å². The molecule has 0 aliphatic heterocycles. The van der Waals surface area contributed by atoms with Crippen molar-refractivity contribution < 1.29 is 0 Å². The SMILES string of the molecule is CCCCCCCCCCCCCCCCN=C(C)N(C)C. The van der Waals surface area contributed by atoms with Crippen LogP contribution in [0.15, 0.2) is 4.99 Å². The molecule has 2 heteroatoms. The fraction of sp³-hybridized carbons (Fsp3) is 0.950. The Balaban J connectivity index is 3.10. The number of rotatable bonds is 15. The predicted molar refractivity (Wildman–Crippen MR) is 102 cm³/mol. The molecule has 0 fully saturated rings. The second-order valence-corrected chi connectivity index (χ2v) is 6.92. The molecule has 0 radical (unpaired) electrons. The fourth-order valence-corrected chi connectivity index (χ4v) is 2.69. The van der Waals surface area contributed by atoms with Crippen molar-refractivity contribution in [2.24, 2.45) is 4.99 Å². The van der Waals surface area contributed by atoms with Crippen LogP contribution in [-0.2, 0) is 0 Å². The van der Waals surface area contributed by atoms with Crippen molar-refractivity contribution in [3.05, 3.63) is 0 Å². The van der Waals surface area contributed by atoms with Crippen molar-refractivity contribution >= 4 is 5.84 Å². The van der Waals surface area contributed by atoms with Gasteiger partial charge in [-0.2, -0.15) is 0 Å². The molecule has 2 nitrogen and oxygen atoms in total. The molecule has 0 aromatic rings. The maximum absolute atomic E-state index is 4.56. The topological polar surface area (TPSA) is 15.6 Å². The van der Waals surface area contributed by atoms with Gasteiger partial charge in [-0.05, 0) is 13.3 Å². The molecule has 0 unspecified atom stereocenters. The van der Waals surface area contributed by atoms with Gasteiger partial charge in [0.1, 0.15) is 0 Å². The first-order valence-electron chi connectivity index (χ1n) is 9.86. The van der Waals surface area contributed by atoms with Gasteiger partial charge in [0.25, 0.3) is 0 Å². The van der Waals surface area contributed by atoms with Crippen LogP contribution in [0.2, 0.25) is 0 Å². The third-order valence-electron chi connectivity index (χ3n) is 4.50. The van der Waals surface area contributed by atoms with E-state index in [0.717, 1.165) is 12.4 Å². The molecule has 22 heavy (non-hydrogen) atoms. The van der Waals surface area contributed by atoms with Gasteiger partial charge in [-0.25, -0.2) is 0 Å². The zero-order valence-electron chi connectivity index (χ0n) is 16.0. The Bertz CT molecular complexity index is 246. The molecule has 0 atom stereocenters. The Labute approximate surface area is 140 Å². The van der Waals surface area contributed by atoms with E-state index in [-0.39, 0.29) is 0 Å². The number of hydrogen-bond acceptors (Lipinski definition) is 1. The van der Waals surface area contributed by atoms with Gasteiger partial charge in [-0.3, -0.25) is 4.99 Å². The second-order valence-electron chi connectivity index (χ2n) is 6.92. The Hall–Kier alpha value is -0.530. The Morgan fingerprint density at radius 3 is 1.36 bits per heavy atom. The summed E-state index contributed by atoms with van der Waals surface area (Å²) in [5.41, 5.74) is 0. The maximum Gasteiger partial charge on any atom is 0.0952 e. The summed E-state index contributed by atoms with van der Waals surface area (Å²) in [5.74, 6) is 1.15. The number of hydrogen-bond donors (Lipinski definition) is 0. The average Bonchev–Trinajstić information content (AvgIpc) is 2.50. The lowest BCUT2D eigenvalue weighted by molar-refractivity contribution is 0.536. The van der Waals surface area contributed by atoms with Crippen LogP contribution in [0, 0.1) is 0 Å². The molecule has 0 aliphatic rings. The minimum Gasteiger partial charge on any atom is -0.367 e. The van der Waals surface area contributed by atoms with E-state index in [0.29, 0.717) is 0 Å². The van der Waals surface area contributed by atoms with Gasteiger partial charge in [-0.15, -0.1) is 0 Å². The van der Waals surface area contributed by atoms with Crippen LogP contribution in [0.1, 0.15) is 104 Å². The summed E-state index contributed by atoms with van der Waals surface area (Å²) in [4.78, 5) is 6.65. The molecule has 0 aromatic heterocycles. The van der Waals surface area contributed by atoms with Crippen molar-refractivity contribution in [2.45, 2.75) is 104 Å². The molecule has 0 saturated heterocycles. The zero-order chi connectivity index (χ0) is 16.5. The molecule has 0 rings (SSSR count). The summed E-state index contributed by atoms with van der Waals surface area (Å²) < 4.78 is 0. The summed E-state index contributed by atoms with van der Waals surface area (Å²) in [6.07, 6.45) is 19.9. The standard InChI is InChI=1S/C20H42N2/c1-5-6-7-8-9-10-11-12-13-14-15-16-17-18-19-21-20(2)22(3)4/h5-19H2,1-4H3. The van der Waals surface area contributed by atoms with Gasteiger partial charge in [0.15, 0.2) is 0 Å². The summed E-state index contributed by atoms with van der Waals surface area (Å²) in [6, 6.07) is 0. The normalized spacial score (nSPS) is 11.9. The van der Waals surface area contributed by atoms with Crippen molar-refractivity contribution in [3.63, 3.8) is 0 Å². The molecule has 0 amide bonds. The summed E-state index contributed by atoms with van der Waals surface area (Å²) in [6.45, 7) is 5.38. The lowest BCUT2D eigenvalue weighted by atomic mass is 10.0. The van der Waals surface area contributed by atoms with Crippen molar-refractivity contribution in [1.29, 1.82) is 0 Å². The number of amidine groups is 1. The van der Waals surface area contributed by atoms with Gasteiger partial charge in [-0.1, -0.05) is 90.4 Å². The van der Waals surface area contributed by atoms with E-state index >= 15 is 0 Å². The van der Waals surface area contributed by atoms with Crippen LogP contribution >= 0.6 is 0 Å². The zero-order valence-corrected chi connectivity index (χ0v) is 16.0. The van der Waals surface area contributed by atoms with Gasteiger partial charge in [0.05, 0.1) is 5.84 Å². The van der Waals surface area contributed by atoms with E-state index in [1.165, 1.54) is 89.9 Å². The smallest absolute Gasteiger partial charge is 0.0952 e. The van der Waals surface area contributed by atoms with Crippen LogP contribution in [0.25, 0.3) is 0 Å². The minimum absolute atomic E-state index is 1.00. The number of nitrogens with zero attached hydrogens (tertiary/aromatic N) is 2. The lowest BCUT2D eigenvalue weighted by Gasteiger charge is -2.10. The fourth-order valence-electron chi connectivity index (χ4n) is 2.69. The largest absolute Gasteiger partial charge is 0.367 e. The van der Waals surface area contributed by atoms with E-state index in [2.05, 4.69) is 37.8 Å². The number of unbranched alkanes of at least 4 members (excludes halogenated alkanes) is 13. The number of aliphatic imine (C=N–C) groups is 1.